The first-order valence-corrected chi connectivity index (χ1v) is 18.0. The van der Waals surface area contributed by atoms with E-state index in [1.807, 2.05) is 0 Å². The second-order valence-corrected chi connectivity index (χ2v) is 22.1. The van der Waals surface area contributed by atoms with E-state index in [1.54, 1.807) is 58.3 Å². The summed E-state index contributed by atoms with van der Waals surface area (Å²) in [6.45, 7) is 7.23. The van der Waals surface area contributed by atoms with Gasteiger partial charge in [-0.2, -0.15) is 0 Å². The Bertz CT molecular complexity index is 206. The van der Waals surface area contributed by atoms with Crippen LogP contribution in [0.5, 0.6) is 0 Å². The molecule has 0 aromatic carbocycles. The van der Waals surface area contributed by atoms with Crippen molar-refractivity contribution in [2.45, 2.75) is 121 Å². The standard InChI is InChI=1S/C8H15.3C4H9.Sn/c1-2-4-6-8-7-5-3-1;3*1-3-4-2;/h1H,2-8H2;3*1,3-4H2,2H3;. The van der Waals surface area contributed by atoms with E-state index in [-0.39, 0.29) is 0 Å². The molecule has 126 valence electrons. The van der Waals surface area contributed by atoms with Gasteiger partial charge in [-0.3, -0.25) is 0 Å². The molecule has 1 aliphatic rings. The molecule has 0 aromatic heterocycles. The number of rotatable bonds is 10. The molecule has 0 aliphatic heterocycles. The number of hydrogen-bond acceptors (Lipinski definition) is 0. The summed E-state index contributed by atoms with van der Waals surface area (Å²) >= 11 is -1.89. The molecule has 0 heterocycles. The Labute approximate surface area is 139 Å². The van der Waals surface area contributed by atoms with Gasteiger partial charge in [-0.25, -0.2) is 0 Å². The summed E-state index contributed by atoms with van der Waals surface area (Å²) in [7, 11) is 0. The Morgan fingerprint density at radius 3 is 1.38 bits per heavy atom. The monoisotopic (exact) mass is 402 g/mol. The Morgan fingerprint density at radius 2 is 1.00 bits per heavy atom. The van der Waals surface area contributed by atoms with Crippen molar-refractivity contribution in [1.29, 1.82) is 0 Å². The Kier molecular flexibility index (Phi) is 11.6. The fraction of sp³-hybridized carbons (Fsp3) is 1.00. The van der Waals surface area contributed by atoms with E-state index in [1.165, 1.54) is 42.5 Å². The predicted octanol–water partition coefficient (Wildman–Crippen LogP) is 7.95. The van der Waals surface area contributed by atoms with Crippen LogP contribution < -0.4 is 0 Å². The van der Waals surface area contributed by atoms with Crippen molar-refractivity contribution in [2.24, 2.45) is 0 Å². The van der Waals surface area contributed by atoms with E-state index in [0.717, 1.165) is 0 Å². The molecule has 1 fully saturated rings. The molecule has 1 rings (SSSR count). The summed E-state index contributed by atoms with van der Waals surface area (Å²) in [6, 6.07) is 0. The summed E-state index contributed by atoms with van der Waals surface area (Å²) in [4.78, 5) is 0. The van der Waals surface area contributed by atoms with Crippen molar-refractivity contribution in [1.82, 2.24) is 0 Å². The second-order valence-electron chi connectivity index (χ2n) is 7.72. The van der Waals surface area contributed by atoms with Crippen LogP contribution in [0.2, 0.25) is 17.2 Å². The molecule has 0 radical (unpaired) electrons. The molecule has 0 aromatic rings. The summed E-state index contributed by atoms with van der Waals surface area (Å²) in [5.74, 6) is 0. The van der Waals surface area contributed by atoms with Gasteiger partial charge < -0.3 is 0 Å². The van der Waals surface area contributed by atoms with Crippen molar-refractivity contribution in [2.75, 3.05) is 0 Å². The molecule has 0 bridgehead atoms. The molecular weight excluding hydrogens is 359 g/mol. The molecule has 1 saturated carbocycles. The van der Waals surface area contributed by atoms with Crippen molar-refractivity contribution in [3.63, 3.8) is 0 Å². The average molecular weight is 401 g/mol. The average Bonchev–Trinajstić information content (AvgIpc) is 2.47. The molecule has 0 N–H and O–H groups in total. The minimum absolute atomic E-state index is 1.25. The minimum atomic E-state index is -1.89. The SMILES string of the molecule is CCC[CH2][Sn]([CH2]CCC)([CH2]CCC)[CH]1CCCCCCC1. The van der Waals surface area contributed by atoms with E-state index >= 15 is 0 Å². The first-order valence-electron chi connectivity index (χ1n) is 10.3. The Morgan fingerprint density at radius 1 is 0.619 bits per heavy atom. The first kappa shape index (κ1) is 19.8. The third-order valence-corrected chi connectivity index (χ3v) is 24.2. The first-order chi connectivity index (χ1) is 10.3. The molecule has 0 unspecified atom stereocenters. The fourth-order valence-electron chi connectivity index (χ4n) is 4.64. The van der Waals surface area contributed by atoms with Crippen LogP contribution in [0.15, 0.2) is 0 Å². The van der Waals surface area contributed by atoms with Crippen LogP contribution in [-0.4, -0.2) is 18.4 Å². The molecule has 0 amide bonds. The molecule has 0 saturated heterocycles. The van der Waals surface area contributed by atoms with Gasteiger partial charge in [0, 0.05) is 0 Å². The van der Waals surface area contributed by atoms with Crippen LogP contribution in [0.25, 0.3) is 0 Å². The van der Waals surface area contributed by atoms with Gasteiger partial charge in [-0.1, -0.05) is 0 Å². The normalized spacial score (nSPS) is 18.4. The Balaban J connectivity index is 2.80. The van der Waals surface area contributed by atoms with Gasteiger partial charge in [-0.05, 0) is 0 Å². The molecule has 21 heavy (non-hydrogen) atoms. The van der Waals surface area contributed by atoms with E-state index in [9.17, 15) is 0 Å². The van der Waals surface area contributed by atoms with Gasteiger partial charge in [0.2, 0.25) is 0 Å². The zero-order valence-electron chi connectivity index (χ0n) is 15.4. The summed E-state index contributed by atoms with van der Waals surface area (Å²) in [5.41, 5.74) is 0. The van der Waals surface area contributed by atoms with Crippen molar-refractivity contribution in [3.8, 4) is 0 Å². The van der Waals surface area contributed by atoms with Gasteiger partial charge in [-0.15, -0.1) is 0 Å². The van der Waals surface area contributed by atoms with Crippen molar-refractivity contribution < 1.29 is 0 Å². The predicted molar refractivity (Wildman–Crippen MR) is 101 cm³/mol. The van der Waals surface area contributed by atoms with Crippen LogP contribution in [0, 0.1) is 0 Å². The van der Waals surface area contributed by atoms with E-state index < -0.39 is 18.4 Å². The molecule has 1 aliphatic carbocycles. The maximum atomic E-state index is 2.41. The molecule has 0 atom stereocenters. The third kappa shape index (κ3) is 7.27. The second kappa shape index (κ2) is 12.2. The van der Waals surface area contributed by atoms with Gasteiger partial charge in [0.15, 0.2) is 0 Å². The van der Waals surface area contributed by atoms with E-state index in [2.05, 4.69) is 20.8 Å². The Hall–Kier alpha value is 0.799. The van der Waals surface area contributed by atoms with Gasteiger partial charge in [0.05, 0.1) is 0 Å². The fourth-order valence-corrected chi connectivity index (χ4v) is 24.0. The van der Waals surface area contributed by atoms with Crippen LogP contribution in [-0.2, 0) is 0 Å². The zero-order valence-corrected chi connectivity index (χ0v) is 18.2. The number of hydrogen-bond donors (Lipinski definition) is 0. The molecule has 1 heteroatoms. The topological polar surface area (TPSA) is 0 Å². The van der Waals surface area contributed by atoms with Crippen LogP contribution >= 0.6 is 0 Å². The van der Waals surface area contributed by atoms with Crippen LogP contribution in [0.1, 0.15) is 104 Å². The van der Waals surface area contributed by atoms with E-state index in [0.29, 0.717) is 0 Å². The van der Waals surface area contributed by atoms with Crippen molar-refractivity contribution in [3.05, 3.63) is 0 Å². The van der Waals surface area contributed by atoms with Crippen LogP contribution in [0.3, 0.4) is 0 Å². The van der Waals surface area contributed by atoms with Gasteiger partial charge in [0.25, 0.3) is 0 Å². The summed E-state index contributed by atoms with van der Waals surface area (Å²) < 4.78 is 6.45. The summed E-state index contributed by atoms with van der Waals surface area (Å²) in [6.07, 6.45) is 20.0. The maximum absolute atomic E-state index is 2.41. The molecular formula is C20H42Sn. The third-order valence-electron chi connectivity index (χ3n) is 6.06. The molecule has 0 nitrogen and oxygen atoms in total. The number of unbranched alkanes of at least 4 members (excludes halogenated alkanes) is 3. The van der Waals surface area contributed by atoms with Crippen LogP contribution in [0.4, 0.5) is 0 Å². The van der Waals surface area contributed by atoms with Gasteiger partial charge in [0.1, 0.15) is 0 Å². The summed E-state index contributed by atoms with van der Waals surface area (Å²) in [5, 5.41) is 0. The zero-order chi connectivity index (χ0) is 15.4. The molecule has 0 spiro atoms. The van der Waals surface area contributed by atoms with Gasteiger partial charge >= 0.3 is 140 Å². The van der Waals surface area contributed by atoms with E-state index in [4.69, 9.17) is 0 Å². The van der Waals surface area contributed by atoms with Crippen molar-refractivity contribution >= 4 is 18.4 Å². The quantitative estimate of drug-likeness (QED) is 0.326.